The molecule has 0 aromatic carbocycles. The SMILES string of the molecule is c1cnc(-c2nc(-c3cnncn3)nnc2-c2ncncn2)nn1. The van der Waals surface area contributed by atoms with E-state index in [1.54, 1.807) is 0 Å². The average molecular weight is 318 g/mol. The second-order valence-corrected chi connectivity index (χ2v) is 4.25. The lowest BCUT2D eigenvalue weighted by Crippen LogP contribution is -2.05. The van der Waals surface area contributed by atoms with Gasteiger partial charge in [0.2, 0.25) is 11.6 Å². The number of hydrogen-bond donors (Lipinski definition) is 0. The minimum Gasteiger partial charge on any atom is -0.232 e. The third kappa shape index (κ3) is 2.58. The van der Waals surface area contributed by atoms with Crippen LogP contribution in [0.25, 0.3) is 34.6 Å². The monoisotopic (exact) mass is 318 g/mol. The van der Waals surface area contributed by atoms with Crippen molar-refractivity contribution in [1.29, 1.82) is 0 Å². The molecule has 0 radical (unpaired) electrons. The van der Waals surface area contributed by atoms with Gasteiger partial charge in [0.1, 0.15) is 30.4 Å². The van der Waals surface area contributed by atoms with Crippen LogP contribution in [0.15, 0.2) is 37.6 Å². The molecule has 0 aliphatic rings. The molecule has 0 amide bonds. The van der Waals surface area contributed by atoms with Crippen LogP contribution in [0.5, 0.6) is 0 Å². The molecule has 4 aromatic heterocycles. The molecule has 0 saturated carbocycles. The molecule has 0 saturated heterocycles. The third-order valence-electron chi connectivity index (χ3n) is 2.81. The lowest BCUT2D eigenvalue weighted by atomic mass is 10.2. The van der Waals surface area contributed by atoms with Crippen molar-refractivity contribution in [1.82, 2.24) is 60.5 Å². The molecule has 12 heteroatoms. The Balaban J connectivity index is 1.92. The summed E-state index contributed by atoms with van der Waals surface area (Å²) >= 11 is 0. The summed E-state index contributed by atoms with van der Waals surface area (Å²) in [6, 6.07) is 0. The molecule has 0 spiro atoms. The van der Waals surface area contributed by atoms with E-state index in [1.807, 2.05) is 0 Å². The largest absolute Gasteiger partial charge is 0.232 e. The van der Waals surface area contributed by atoms with Crippen LogP contribution < -0.4 is 0 Å². The fraction of sp³-hybridized carbons (Fsp3) is 0. The zero-order chi connectivity index (χ0) is 16.2. The van der Waals surface area contributed by atoms with E-state index >= 15 is 0 Å². The van der Waals surface area contributed by atoms with Gasteiger partial charge in [-0.1, -0.05) is 0 Å². The van der Waals surface area contributed by atoms with Gasteiger partial charge in [-0.3, -0.25) is 0 Å². The summed E-state index contributed by atoms with van der Waals surface area (Å²) in [6.07, 6.45) is 8.36. The topological polar surface area (TPSA) is 155 Å². The first-order chi connectivity index (χ1) is 11.9. The summed E-state index contributed by atoms with van der Waals surface area (Å²) in [5, 5.41) is 23.3. The lowest BCUT2D eigenvalue weighted by Gasteiger charge is -2.05. The van der Waals surface area contributed by atoms with Crippen molar-refractivity contribution in [2.45, 2.75) is 0 Å². The van der Waals surface area contributed by atoms with E-state index in [2.05, 4.69) is 60.5 Å². The molecule has 0 atom stereocenters. The first-order valence-corrected chi connectivity index (χ1v) is 6.56. The molecule has 0 N–H and O–H groups in total. The molecule has 12 nitrogen and oxygen atoms in total. The van der Waals surface area contributed by atoms with Gasteiger partial charge >= 0.3 is 0 Å². The molecule has 114 valence electrons. The first-order valence-electron chi connectivity index (χ1n) is 6.56. The fourth-order valence-electron chi connectivity index (χ4n) is 1.81. The predicted octanol–water partition coefficient (Wildman–Crippen LogP) is -0.572. The third-order valence-corrected chi connectivity index (χ3v) is 2.81. The molecule has 0 aliphatic heterocycles. The van der Waals surface area contributed by atoms with Crippen LogP contribution in [-0.4, -0.2) is 60.5 Å². The Bertz CT molecular complexity index is 947. The normalized spacial score (nSPS) is 10.5. The Morgan fingerprint density at radius 3 is 2.25 bits per heavy atom. The van der Waals surface area contributed by atoms with E-state index in [1.165, 1.54) is 37.6 Å². The summed E-state index contributed by atoms with van der Waals surface area (Å²) in [5.41, 5.74) is 1.03. The van der Waals surface area contributed by atoms with Gasteiger partial charge in [-0.15, -0.1) is 20.4 Å². The van der Waals surface area contributed by atoms with Crippen molar-refractivity contribution in [3.8, 4) is 34.6 Å². The van der Waals surface area contributed by atoms with E-state index in [-0.39, 0.29) is 11.6 Å². The Morgan fingerprint density at radius 1 is 0.583 bits per heavy atom. The highest BCUT2D eigenvalue weighted by molar-refractivity contribution is 5.70. The number of aromatic nitrogens is 12. The van der Waals surface area contributed by atoms with Crippen LogP contribution in [0.3, 0.4) is 0 Å². The highest BCUT2D eigenvalue weighted by atomic mass is 15.2. The van der Waals surface area contributed by atoms with Crippen molar-refractivity contribution in [3.63, 3.8) is 0 Å². The van der Waals surface area contributed by atoms with Gasteiger partial charge < -0.3 is 0 Å². The van der Waals surface area contributed by atoms with Gasteiger partial charge in [0.25, 0.3) is 0 Å². The maximum absolute atomic E-state index is 4.42. The molecule has 0 unspecified atom stereocenters. The van der Waals surface area contributed by atoms with Crippen LogP contribution in [0.4, 0.5) is 0 Å². The quantitative estimate of drug-likeness (QED) is 0.474. The summed E-state index contributed by atoms with van der Waals surface area (Å²) in [7, 11) is 0. The predicted molar refractivity (Wildman–Crippen MR) is 76.3 cm³/mol. The standard InChI is InChI=1S/C12H6N12/c1-2-18-23-12(14-1)8-9(11-16-4-13-5-17-11)22-24-10(21-8)7-3-19-20-6-15-7/h1-6H. The van der Waals surface area contributed by atoms with Crippen molar-refractivity contribution < 1.29 is 0 Å². The van der Waals surface area contributed by atoms with Crippen LogP contribution in [0, 0.1) is 0 Å². The fourth-order valence-corrected chi connectivity index (χ4v) is 1.81. The van der Waals surface area contributed by atoms with Gasteiger partial charge in [0, 0.05) is 6.20 Å². The Morgan fingerprint density at radius 2 is 1.50 bits per heavy atom. The molecule has 24 heavy (non-hydrogen) atoms. The zero-order valence-corrected chi connectivity index (χ0v) is 11.8. The van der Waals surface area contributed by atoms with Gasteiger partial charge in [-0.25, -0.2) is 29.9 Å². The summed E-state index contributed by atoms with van der Waals surface area (Å²) in [4.78, 5) is 24.5. The van der Waals surface area contributed by atoms with Gasteiger partial charge in [0.15, 0.2) is 11.5 Å². The Hall–Kier alpha value is -3.96. The minimum absolute atomic E-state index is 0.241. The smallest absolute Gasteiger partial charge is 0.202 e. The van der Waals surface area contributed by atoms with Gasteiger partial charge in [0.05, 0.1) is 12.4 Å². The molecular formula is C12H6N12. The highest BCUT2D eigenvalue weighted by Crippen LogP contribution is 2.24. The van der Waals surface area contributed by atoms with E-state index in [0.717, 1.165) is 0 Å². The maximum Gasteiger partial charge on any atom is 0.202 e. The van der Waals surface area contributed by atoms with Gasteiger partial charge in [-0.05, 0) is 0 Å². The molecule has 4 heterocycles. The molecule has 4 aromatic rings. The molecule has 4 rings (SSSR count). The van der Waals surface area contributed by atoms with Crippen LogP contribution in [0.1, 0.15) is 0 Å². The Labute approximate surface area is 133 Å². The van der Waals surface area contributed by atoms with Crippen molar-refractivity contribution in [2.24, 2.45) is 0 Å². The van der Waals surface area contributed by atoms with Crippen LogP contribution >= 0.6 is 0 Å². The van der Waals surface area contributed by atoms with Crippen LogP contribution in [-0.2, 0) is 0 Å². The summed E-state index contributed by atoms with van der Waals surface area (Å²) in [6.45, 7) is 0. The van der Waals surface area contributed by atoms with Crippen LogP contribution in [0.2, 0.25) is 0 Å². The van der Waals surface area contributed by atoms with E-state index < -0.39 is 0 Å². The molecule has 0 fully saturated rings. The van der Waals surface area contributed by atoms with E-state index in [4.69, 9.17) is 0 Å². The number of nitrogens with zero attached hydrogens (tertiary/aromatic N) is 12. The molecular weight excluding hydrogens is 312 g/mol. The van der Waals surface area contributed by atoms with Gasteiger partial charge in [-0.2, -0.15) is 10.2 Å². The van der Waals surface area contributed by atoms with Crippen molar-refractivity contribution >= 4 is 0 Å². The second kappa shape index (κ2) is 6.04. The first kappa shape index (κ1) is 13.7. The molecule has 0 aliphatic carbocycles. The zero-order valence-electron chi connectivity index (χ0n) is 11.8. The second-order valence-electron chi connectivity index (χ2n) is 4.25. The summed E-state index contributed by atoms with van der Waals surface area (Å²) in [5.74, 6) is 0.788. The molecule has 0 bridgehead atoms. The Kier molecular flexibility index (Phi) is 3.44. The highest BCUT2D eigenvalue weighted by Gasteiger charge is 2.19. The summed E-state index contributed by atoms with van der Waals surface area (Å²) < 4.78 is 0. The maximum atomic E-state index is 4.42. The lowest BCUT2D eigenvalue weighted by molar-refractivity contribution is 0.910. The number of hydrogen-bond acceptors (Lipinski definition) is 12. The van der Waals surface area contributed by atoms with Crippen molar-refractivity contribution in [2.75, 3.05) is 0 Å². The van der Waals surface area contributed by atoms with Crippen molar-refractivity contribution in [3.05, 3.63) is 37.6 Å². The van der Waals surface area contributed by atoms with E-state index in [0.29, 0.717) is 22.9 Å². The minimum atomic E-state index is 0.241. The average Bonchev–Trinajstić information content (AvgIpc) is 2.69. The number of rotatable bonds is 3. The van der Waals surface area contributed by atoms with E-state index in [9.17, 15) is 0 Å².